The minimum atomic E-state index is 0.362. The zero-order valence-corrected chi connectivity index (χ0v) is 12.0. The fourth-order valence-electron chi connectivity index (χ4n) is 3.24. The van der Waals surface area contributed by atoms with Gasteiger partial charge in [0.15, 0.2) is 5.89 Å². The summed E-state index contributed by atoms with van der Waals surface area (Å²) >= 11 is 0. The molecule has 106 valence electrons. The molecule has 0 unspecified atom stereocenters. The van der Waals surface area contributed by atoms with Crippen LogP contribution < -0.4 is 0 Å². The maximum atomic E-state index is 5.91. The molecule has 1 aromatic rings. The van der Waals surface area contributed by atoms with E-state index in [1.54, 1.807) is 0 Å². The highest BCUT2D eigenvalue weighted by atomic mass is 16.5. The standard InChI is InChI=1S/C15H24N2O2/c1-11(2)15-16-12(10-19-15)9-17-7-8-18-14-6-4-3-5-13(14)17/h10-11,13-14H,3-9H2,1-2H3/t13-,14-/m1/s1. The predicted molar refractivity (Wildman–Crippen MR) is 73.0 cm³/mol. The van der Waals surface area contributed by atoms with Gasteiger partial charge in [0.1, 0.15) is 6.26 Å². The van der Waals surface area contributed by atoms with Gasteiger partial charge in [-0.2, -0.15) is 0 Å². The second kappa shape index (κ2) is 5.63. The van der Waals surface area contributed by atoms with Gasteiger partial charge in [-0.25, -0.2) is 4.98 Å². The molecule has 0 spiro atoms. The van der Waals surface area contributed by atoms with Crippen LogP contribution in [0.3, 0.4) is 0 Å². The van der Waals surface area contributed by atoms with Crippen LogP contribution in [0.15, 0.2) is 10.7 Å². The van der Waals surface area contributed by atoms with Crippen LogP contribution in [0.4, 0.5) is 0 Å². The molecule has 0 bridgehead atoms. The van der Waals surface area contributed by atoms with Gasteiger partial charge in [0.05, 0.1) is 18.4 Å². The minimum Gasteiger partial charge on any atom is -0.448 e. The van der Waals surface area contributed by atoms with E-state index in [1.807, 2.05) is 6.26 Å². The van der Waals surface area contributed by atoms with Crippen molar-refractivity contribution in [3.63, 3.8) is 0 Å². The Bertz CT molecular complexity index is 414. The van der Waals surface area contributed by atoms with Gasteiger partial charge < -0.3 is 9.15 Å². The maximum Gasteiger partial charge on any atom is 0.196 e. The maximum absolute atomic E-state index is 5.91. The third-order valence-electron chi connectivity index (χ3n) is 4.28. The van der Waals surface area contributed by atoms with Gasteiger partial charge >= 0.3 is 0 Å². The number of ether oxygens (including phenoxy) is 1. The van der Waals surface area contributed by atoms with Gasteiger partial charge in [0.25, 0.3) is 0 Å². The van der Waals surface area contributed by atoms with E-state index in [0.29, 0.717) is 18.1 Å². The highest BCUT2D eigenvalue weighted by Crippen LogP contribution is 2.29. The highest BCUT2D eigenvalue weighted by molar-refractivity contribution is 5.01. The second-order valence-electron chi connectivity index (χ2n) is 6.06. The Labute approximate surface area is 115 Å². The van der Waals surface area contributed by atoms with Gasteiger partial charge in [-0.3, -0.25) is 4.90 Å². The smallest absolute Gasteiger partial charge is 0.196 e. The van der Waals surface area contributed by atoms with Crippen LogP contribution in [0.2, 0.25) is 0 Å². The largest absolute Gasteiger partial charge is 0.448 e. The minimum absolute atomic E-state index is 0.362. The SMILES string of the molecule is CC(C)c1nc(CN2CCO[C@@H]3CCCC[C@H]32)co1. The van der Waals surface area contributed by atoms with Crippen molar-refractivity contribution in [3.8, 4) is 0 Å². The number of hydrogen-bond donors (Lipinski definition) is 0. The van der Waals surface area contributed by atoms with Crippen LogP contribution in [0, 0.1) is 0 Å². The van der Waals surface area contributed by atoms with Crippen molar-refractivity contribution >= 4 is 0 Å². The lowest BCUT2D eigenvalue weighted by molar-refractivity contribution is -0.0914. The van der Waals surface area contributed by atoms with Crippen molar-refractivity contribution in [1.29, 1.82) is 0 Å². The fraction of sp³-hybridized carbons (Fsp3) is 0.800. The van der Waals surface area contributed by atoms with Crippen molar-refractivity contribution in [2.24, 2.45) is 0 Å². The third kappa shape index (κ3) is 2.84. The molecule has 19 heavy (non-hydrogen) atoms. The Morgan fingerprint density at radius 3 is 3.00 bits per heavy atom. The molecule has 2 atom stereocenters. The Hall–Kier alpha value is -0.870. The summed E-state index contributed by atoms with van der Waals surface area (Å²) in [6, 6.07) is 0.585. The molecule has 2 heterocycles. The molecule has 1 saturated carbocycles. The Morgan fingerprint density at radius 1 is 1.37 bits per heavy atom. The van der Waals surface area contributed by atoms with E-state index in [1.165, 1.54) is 25.7 Å². The molecule has 1 aromatic heterocycles. The van der Waals surface area contributed by atoms with Crippen LogP contribution in [0.25, 0.3) is 0 Å². The molecule has 0 radical (unpaired) electrons. The Balaban J connectivity index is 1.67. The summed E-state index contributed by atoms with van der Waals surface area (Å²) in [6.45, 7) is 7.00. The molecule has 1 aliphatic heterocycles. The highest BCUT2D eigenvalue weighted by Gasteiger charge is 2.34. The van der Waals surface area contributed by atoms with Crippen molar-refractivity contribution in [3.05, 3.63) is 17.8 Å². The monoisotopic (exact) mass is 264 g/mol. The molecule has 0 amide bonds. The Morgan fingerprint density at radius 2 is 2.21 bits per heavy atom. The topological polar surface area (TPSA) is 38.5 Å². The van der Waals surface area contributed by atoms with E-state index in [0.717, 1.165) is 31.3 Å². The number of aromatic nitrogens is 1. The number of nitrogens with zero attached hydrogens (tertiary/aromatic N) is 2. The molecule has 0 aromatic carbocycles. The average molecular weight is 264 g/mol. The lowest BCUT2D eigenvalue weighted by atomic mass is 9.90. The van der Waals surface area contributed by atoms with E-state index in [2.05, 4.69) is 23.7 Å². The summed E-state index contributed by atoms with van der Waals surface area (Å²) in [7, 11) is 0. The molecule has 4 nitrogen and oxygen atoms in total. The van der Waals surface area contributed by atoms with Crippen molar-refractivity contribution in [2.75, 3.05) is 13.2 Å². The summed E-state index contributed by atoms with van der Waals surface area (Å²) < 4.78 is 11.4. The van der Waals surface area contributed by atoms with Gasteiger partial charge in [-0.15, -0.1) is 0 Å². The molecular formula is C15H24N2O2. The predicted octanol–water partition coefficient (Wildman–Crippen LogP) is 2.94. The van der Waals surface area contributed by atoms with Crippen LogP contribution in [0.1, 0.15) is 57.0 Å². The first kappa shape index (κ1) is 13.1. The average Bonchev–Trinajstić information content (AvgIpc) is 2.88. The van der Waals surface area contributed by atoms with Gasteiger partial charge in [-0.1, -0.05) is 26.7 Å². The normalized spacial score (nSPS) is 28.6. The van der Waals surface area contributed by atoms with E-state index in [9.17, 15) is 0 Å². The number of morpholine rings is 1. The molecular weight excluding hydrogens is 240 g/mol. The molecule has 2 fully saturated rings. The number of hydrogen-bond acceptors (Lipinski definition) is 4. The molecule has 1 saturated heterocycles. The summed E-state index contributed by atoms with van der Waals surface area (Å²) in [5.74, 6) is 1.21. The van der Waals surface area contributed by atoms with Crippen molar-refractivity contribution in [1.82, 2.24) is 9.88 Å². The first-order valence-corrected chi connectivity index (χ1v) is 7.54. The molecule has 0 N–H and O–H groups in total. The second-order valence-corrected chi connectivity index (χ2v) is 6.06. The number of fused-ring (bicyclic) bond motifs is 1. The summed E-state index contributed by atoms with van der Waals surface area (Å²) in [4.78, 5) is 7.13. The lowest BCUT2D eigenvalue weighted by Gasteiger charge is -2.43. The fourth-order valence-corrected chi connectivity index (χ4v) is 3.24. The third-order valence-corrected chi connectivity index (χ3v) is 4.28. The zero-order chi connectivity index (χ0) is 13.2. The van der Waals surface area contributed by atoms with E-state index in [4.69, 9.17) is 9.15 Å². The van der Waals surface area contributed by atoms with Crippen molar-refractivity contribution in [2.45, 2.75) is 64.1 Å². The summed E-state index contributed by atoms with van der Waals surface area (Å²) in [6.07, 6.45) is 7.39. The van der Waals surface area contributed by atoms with Crippen LogP contribution in [-0.4, -0.2) is 35.2 Å². The lowest BCUT2D eigenvalue weighted by Crippen LogP contribution is -2.52. The summed E-state index contributed by atoms with van der Waals surface area (Å²) in [5, 5.41) is 0. The van der Waals surface area contributed by atoms with E-state index in [-0.39, 0.29) is 0 Å². The quantitative estimate of drug-likeness (QED) is 0.841. The van der Waals surface area contributed by atoms with Crippen molar-refractivity contribution < 1.29 is 9.15 Å². The van der Waals surface area contributed by atoms with E-state index < -0.39 is 0 Å². The summed E-state index contributed by atoms with van der Waals surface area (Å²) in [5.41, 5.74) is 1.06. The Kier molecular flexibility index (Phi) is 3.89. The van der Waals surface area contributed by atoms with Gasteiger partial charge in [0.2, 0.25) is 0 Å². The van der Waals surface area contributed by atoms with Gasteiger partial charge in [-0.05, 0) is 12.8 Å². The number of rotatable bonds is 3. The van der Waals surface area contributed by atoms with Crippen LogP contribution in [-0.2, 0) is 11.3 Å². The molecule has 1 aliphatic carbocycles. The van der Waals surface area contributed by atoms with E-state index >= 15 is 0 Å². The molecule has 2 aliphatic rings. The first-order chi connectivity index (χ1) is 9.24. The molecule has 4 heteroatoms. The number of oxazole rings is 1. The first-order valence-electron chi connectivity index (χ1n) is 7.54. The van der Waals surface area contributed by atoms with Gasteiger partial charge in [0, 0.05) is 25.0 Å². The van der Waals surface area contributed by atoms with Crippen LogP contribution >= 0.6 is 0 Å². The molecule has 3 rings (SSSR count). The van der Waals surface area contributed by atoms with Crippen LogP contribution in [0.5, 0.6) is 0 Å². The zero-order valence-electron chi connectivity index (χ0n) is 12.0.